The SMILES string of the molecule is NC1CCCC1CNC(=O)c1cc(C(F)(F)F)ccc1F. The zero-order valence-electron chi connectivity index (χ0n) is 11.2. The number of rotatable bonds is 3. The van der Waals surface area contributed by atoms with Gasteiger partial charge in [-0.15, -0.1) is 0 Å². The second-order valence-corrected chi connectivity index (χ2v) is 5.26. The molecular formula is C14H16F4N2O. The number of nitrogens with one attached hydrogen (secondary N) is 1. The Balaban J connectivity index is 2.08. The smallest absolute Gasteiger partial charge is 0.352 e. The molecular weight excluding hydrogens is 288 g/mol. The number of amides is 1. The summed E-state index contributed by atoms with van der Waals surface area (Å²) in [7, 11) is 0. The Morgan fingerprint density at radius 3 is 2.62 bits per heavy atom. The van der Waals surface area contributed by atoms with Crippen LogP contribution >= 0.6 is 0 Å². The van der Waals surface area contributed by atoms with Crippen molar-refractivity contribution in [3.05, 3.63) is 35.1 Å². The molecule has 0 bridgehead atoms. The molecule has 0 heterocycles. The largest absolute Gasteiger partial charge is 0.416 e. The molecule has 1 aromatic rings. The van der Waals surface area contributed by atoms with Crippen LogP contribution in [0, 0.1) is 11.7 Å². The van der Waals surface area contributed by atoms with Crippen LogP contribution in [0.15, 0.2) is 18.2 Å². The minimum absolute atomic E-state index is 0.0309. The predicted molar refractivity (Wildman–Crippen MR) is 69.1 cm³/mol. The van der Waals surface area contributed by atoms with E-state index in [1.807, 2.05) is 0 Å². The zero-order valence-corrected chi connectivity index (χ0v) is 11.2. The van der Waals surface area contributed by atoms with E-state index in [9.17, 15) is 22.4 Å². The standard InChI is InChI=1S/C14H16F4N2O/c15-11-5-4-9(14(16,17)18)6-10(11)13(21)20-7-8-2-1-3-12(8)19/h4-6,8,12H,1-3,7,19H2,(H,20,21). The normalized spacial score (nSPS) is 22.3. The first-order valence-electron chi connectivity index (χ1n) is 6.69. The van der Waals surface area contributed by atoms with Crippen molar-refractivity contribution in [3.63, 3.8) is 0 Å². The highest BCUT2D eigenvalue weighted by Crippen LogP contribution is 2.30. The summed E-state index contributed by atoms with van der Waals surface area (Å²) in [6, 6.07) is 1.76. The molecule has 0 saturated heterocycles. The minimum atomic E-state index is -4.61. The summed E-state index contributed by atoms with van der Waals surface area (Å²) in [5.74, 6) is -1.74. The topological polar surface area (TPSA) is 55.1 Å². The lowest BCUT2D eigenvalue weighted by atomic mass is 10.0. The molecule has 1 saturated carbocycles. The molecule has 2 rings (SSSR count). The van der Waals surface area contributed by atoms with Crippen LogP contribution in [-0.4, -0.2) is 18.5 Å². The van der Waals surface area contributed by atoms with Crippen molar-refractivity contribution in [1.29, 1.82) is 0 Å². The Morgan fingerprint density at radius 1 is 1.33 bits per heavy atom. The summed E-state index contributed by atoms with van der Waals surface area (Å²) in [5.41, 5.74) is 4.19. The maximum Gasteiger partial charge on any atom is 0.416 e. The fourth-order valence-electron chi connectivity index (χ4n) is 2.51. The fraction of sp³-hybridized carbons (Fsp3) is 0.500. The van der Waals surface area contributed by atoms with Crippen molar-refractivity contribution < 1.29 is 22.4 Å². The summed E-state index contributed by atoms with van der Waals surface area (Å²) in [5, 5.41) is 2.46. The Labute approximate surface area is 119 Å². The first kappa shape index (κ1) is 15.8. The van der Waals surface area contributed by atoms with Gasteiger partial charge in [0.25, 0.3) is 5.91 Å². The quantitative estimate of drug-likeness (QED) is 0.844. The first-order chi connectivity index (χ1) is 9.79. The molecule has 0 spiro atoms. The van der Waals surface area contributed by atoms with Crippen molar-refractivity contribution in [2.24, 2.45) is 11.7 Å². The third-order valence-electron chi connectivity index (χ3n) is 3.78. The molecule has 3 nitrogen and oxygen atoms in total. The molecule has 1 amide bonds. The van der Waals surface area contributed by atoms with Crippen molar-refractivity contribution in [1.82, 2.24) is 5.32 Å². The molecule has 2 unspecified atom stereocenters. The molecule has 0 radical (unpaired) electrons. The van der Waals surface area contributed by atoms with Gasteiger partial charge in [-0.3, -0.25) is 4.79 Å². The van der Waals surface area contributed by atoms with Gasteiger partial charge in [-0.05, 0) is 37.0 Å². The lowest BCUT2D eigenvalue weighted by Gasteiger charge is -2.16. The highest BCUT2D eigenvalue weighted by atomic mass is 19.4. The van der Waals surface area contributed by atoms with Gasteiger partial charge < -0.3 is 11.1 Å². The number of hydrogen-bond acceptors (Lipinski definition) is 2. The van der Waals surface area contributed by atoms with E-state index >= 15 is 0 Å². The molecule has 0 aromatic heterocycles. The summed E-state index contributed by atoms with van der Waals surface area (Å²) in [6.45, 7) is 0.246. The monoisotopic (exact) mass is 304 g/mol. The van der Waals surface area contributed by atoms with Crippen molar-refractivity contribution >= 4 is 5.91 Å². The number of hydrogen-bond donors (Lipinski definition) is 2. The lowest BCUT2D eigenvalue weighted by molar-refractivity contribution is -0.137. The number of halogens is 4. The van der Waals surface area contributed by atoms with Crippen LogP contribution in [0.5, 0.6) is 0 Å². The van der Waals surface area contributed by atoms with E-state index in [0.717, 1.165) is 19.3 Å². The Bertz CT molecular complexity index is 530. The lowest BCUT2D eigenvalue weighted by Crippen LogP contribution is -2.36. The first-order valence-corrected chi connectivity index (χ1v) is 6.69. The van der Waals surface area contributed by atoms with Crippen LogP contribution in [0.25, 0.3) is 0 Å². The summed E-state index contributed by atoms with van der Waals surface area (Å²) in [6.07, 6.45) is -1.94. The number of carbonyl (C=O) groups excluding carboxylic acids is 1. The molecule has 1 aliphatic carbocycles. The maximum absolute atomic E-state index is 13.5. The average Bonchev–Trinajstić information content (AvgIpc) is 2.80. The van der Waals surface area contributed by atoms with E-state index in [2.05, 4.69) is 5.32 Å². The fourth-order valence-corrected chi connectivity index (χ4v) is 2.51. The van der Waals surface area contributed by atoms with Crippen LogP contribution in [0.1, 0.15) is 35.2 Å². The van der Waals surface area contributed by atoms with Crippen LogP contribution in [-0.2, 0) is 6.18 Å². The molecule has 21 heavy (non-hydrogen) atoms. The third-order valence-corrected chi connectivity index (χ3v) is 3.78. The van der Waals surface area contributed by atoms with E-state index in [0.29, 0.717) is 18.2 Å². The predicted octanol–water partition coefficient (Wildman–Crippen LogP) is 2.70. The van der Waals surface area contributed by atoms with Crippen molar-refractivity contribution in [2.75, 3.05) is 6.54 Å². The van der Waals surface area contributed by atoms with Crippen molar-refractivity contribution in [3.8, 4) is 0 Å². The van der Waals surface area contributed by atoms with E-state index in [4.69, 9.17) is 5.73 Å². The maximum atomic E-state index is 13.5. The van der Waals surface area contributed by atoms with E-state index in [1.54, 1.807) is 0 Å². The van der Waals surface area contributed by atoms with Gasteiger partial charge in [0.1, 0.15) is 5.82 Å². The van der Waals surface area contributed by atoms with Gasteiger partial charge in [0, 0.05) is 12.6 Å². The molecule has 116 valence electrons. The van der Waals surface area contributed by atoms with Gasteiger partial charge in [0.15, 0.2) is 0 Å². The van der Waals surface area contributed by atoms with Gasteiger partial charge in [-0.1, -0.05) is 6.42 Å². The Morgan fingerprint density at radius 2 is 2.05 bits per heavy atom. The molecule has 7 heteroatoms. The van der Waals surface area contributed by atoms with E-state index < -0.39 is 29.0 Å². The van der Waals surface area contributed by atoms with Gasteiger partial charge >= 0.3 is 6.18 Å². The number of benzene rings is 1. The highest BCUT2D eigenvalue weighted by molar-refractivity contribution is 5.94. The highest BCUT2D eigenvalue weighted by Gasteiger charge is 2.32. The van der Waals surface area contributed by atoms with Crippen LogP contribution in [0.4, 0.5) is 17.6 Å². The molecule has 2 atom stereocenters. The number of carbonyl (C=O) groups is 1. The van der Waals surface area contributed by atoms with E-state index in [1.165, 1.54) is 0 Å². The van der Waals surface area contributed by atoms with E-state index in [-0.39, 0.29) is 18.5 Å². The third kappa shape index (κ3) is 3.72. The van der Waals surface area contributed by atoms with Crippen LogP contribution in [0.2, 0.25) is 0 Å². The van der Waals surface area contributed by atoms with Gasteiger partial charge in [-0.25, -0.2) is 4.39 Å². The minimum Gasteiger partial charge on any atom is -0.352 e. The summed E-state index contributed by atoms with van der Waals surface area (Å²) >= 11 is 0. The second kappa shape index (κ2) is 6.01. The Hall–Kier alpha value is -1.63. The molecule has 0 aliphatic heterocycles. The summed E-state index contributed by atoms with van der Waals surface area (Å²) < 4.78 is 51.3. The van der Waals surface area contributed by atoms with Crippen LogP contribution < -0.4 is 11.1 Å². The number of nitrogens with two attached hydrogens (primary N) is 1. The Kier molecular flexibility index (Phi) is 4.51. The molecule has 3 N–H and O–H groups in total. The number of alkyl halides is 3. The van der Waals surface area contributed by atoms with Gasteiger partial charge in [-0.2, -0.15) is 13.2 Å². The van der Waals surface area contributed by atoms with Crippen LogP contribution in [0.3, 0.4) is 0 Å². The zero-order chi connectivity index (χ0) is 15.6. The average molecular weight is 304 g/mol. The molecule has 1 fully saturated rings. The van der Waals surface area contributed by atoms with Gasteiger partial charge in [0.2, 0.25) is 0 Å². The van der Waals surface area contributed by atoms with Crippen molar-refractivity contribution in [2.45, 2.75) is 31.5 Å². The second-order valence-electron chi connectivity index (χ2n) is 5.26. The molecule has 1 aliphatic rings. The summed E-state index contributed by atoms with van der Waals surface area (Å²) in [4.78, 5) is 11.8. The van der Waals surface area contributed by atoms with Gasteiger partial charge in [0.05, 0.1) is 11.1 Å². The molecule has 1 aromatic carbocycles.